The third kappa shape index (κ3) is 2.48. The zero-order valence-corrected chi connectivity index (χ0v) is 11.5. The molecular formula is C14H21N3O. The molecule has 2 aromatic heterocycles. The van der Waals surface area contributed by atoms with E-state index >= 15 is 0 Å². The van der Waals surface area contributed by atoms with Crippen LogP contribution in [0.5, 0.6) is 5.75 Å². The Hall–Kier alpha value is -1.55. The Morgan fingerprint density at radius 2 is 2.22 bits per heavy atom. The Labute approximate surface area is 108 Å². The smallest absolute Gasteiger partial charge is 0.122 e. The SMILES string of the molecule is CCc1nc(CNC(C)C)c2cc(OC)ccn12. The first-order chi connectivity index (χ1) is 8.65. The van der Waals surface area contributed by atoms with Crippen molar-refractivity contribution < 1.29 is 4.74 Å². The van der Waals surface area contributed by atoms with Gasteiger partial charge >= 0.3 is 0 Å². The maximum Gasteiger partial charge on any atom is 0.122 e. The van der Waals surface area contributed by atoms with Crippen LogP contribution in [0.25, 0.3) is 5.52 Å². The molecule has 2 rings (SSSR count). The van der Waals surface area contributed by atoms with E-state index in [0.717, 1.165) is 35.8 Å². The van der Waals surface area contributed by atoms with E-state index < -0.39 is 0 Å². The van der Waals surface area contributed by atoms with E-state index in [2.05, 4.69) is 30.5 Å². The number of rotatable bonds is 5. The van der Waals surface area contributed by atoms with Crippen LogP contribution in [0, 0.1) is 0 Å². The van der Waals surface area contributed by atoms with Crippen molar-refractivity contribution in [2.45, 2.75) is 39.8 Å². The quantitative estimate of drug-likeness (QED) is 0.881. The van der Waals surface area contributed by atoms with Crippen molar-refractivity contribution in [3.05, 3.63) is 29.8 Å². The Morgan fingerprint density at radius 1 is 1.44 bits per heavy atom. The van der Waals surface area contributed by atoms with E-state index in [1.54, 1.807) is 7.11 Å². The molecule has 0 aliphatic heterocycles. The Kier molecular flexibility index (Phi) is 3.87. The first-order valence-corrected chi connectivity index (χ1v) is 6.43. The number of ether oxygens (including phenoxy) is 1. The van der Waals surface area contributed by atoms with E-state index in [0.29, 0.717) is 6.04 Å². The van der Waals surface area contributed by atoms with E-state index in [4.69, 9.17) is 9.72 Å². The summed E-state index contributed by atoms with van der Waals surface area (Å²) in [6.45, 7) is 7.19. The molecule has 2 heterocycles. The number of nitrogens with zero attached hydrogens (tertiary/aromatic N) is 2. The summed E-state index contributed by atoms with van der Waals surface area (Å²) < 4.78 is 7.42. The van der Waals surface area contributed by atoms with Gasteiger partial charge in [-0.2, -0.15) is 0 Å². The van der Waals surface area contributed by atoms with Crippen molar-refractivity contribution in [1.82, 2.24) is 14.7 Å². The van der Waals surface area contributed by atoms with Crippen molar-refractivity contribution >= 4 is 5.52 Å². The summed E-state index contributed by atoms with van der Waals surface area (Å²) >= 11 is 0. The van der Waals surface area contributed by atoms with E-state index in [1.807, 2.05) is 18.3 Å². The van der Waals surface area contributed by atoms with Crippen LogP contribution < -0.4 is 10.1 Å². The van der Waals surface area contributed by atoms with E-state index in [9.17, 15) is 0 Å². The number of nitrogens with one attached hydrogen (secondary N) is 1. The molecule has 0 atom stereocenters. The fourth-order valence-corrected chi connectivity index (χ4v) is 2.00. The molecule has 0 amide bonds. The highest BCUT2D eigenvalue weighted by Gasteiger charge is 2.10. The van der Waals surface area contributed by atoms with Gasteiger partial charge in [0, 0.05) is 31.3 Å². The molecule has 0 unspecified atom stereocenters. The topological polar surface area (TPSA) is 38.6 Å². The van der Waals surface area contributed by atoms with E-state index in [-0.39, 0.29) is 0 Å². The third-order valence-corrected chi connectivity index (χ3v) is 2.99. The fourth-order valence-electron chi connectivity index (χ4n) is 2.00. The van der Waals surface area contributed by atoms with Gasteiger partial charge in [-0.15, -0.1) is 0 Å². The normalized spacial score (nSPS) is 11.4. The van der Waals surface area contributed by atoms with Crippen molar-refractivity contribution in [1.29, 1.82) is 0 Å². The van der Waals surface area contributed by atoms with Crippen molar-refractivity contribution in [2.75, 3.05) is 7.11 Å². The van der Waals surface area contributed by atoms with Crippen molar-refractivity contribution in [2.24, 2.45) is 0 Å². The maximum absolute atomic E-state index is 5.28. The van der Waals surface area contributed by atoms with Crippen LogP contribution in [-0.2, 0) is 13.0 Å². The lowest BCUT2D eigenvalue weighted by atomic mass is 10.3. The van der Waals surface area contributed by atoms with Gasteiger partial charge in [-0.3, -0.25) is 0 Å². The first kappa shape index (κ1) is 12.9. The lowest BCUT2D eigenvalue weighted by Crippen LogP contribution is -2.22. The van der Waals surface area contributed by atoms with Crippen molar-refractivity contribution in [3.8, 4) is 5.75 Å². The van der Waals surface area contributed by atoms with Crippen molar-refractivity contribution in [3.63, 3.8) is 0 Å². The molecule has 0 radical (unpaired) electrons. The standard InChI is InChI=1S/C14H21N3O/c1-5-14-16-12(9-15-10(2)3)13-8-11(18-4)6-7-17(13)14/h6-8,10,15H,5,9H2,1-4H3. The molecule has 0 saturated carbocycles. The lowest BCUT2D eigenvalue weighted by molar-refractivity contribution is 0.414. The Balaban J connectivity index is 2.43. The summed E-state index contributed by atoms with van der Waals surface area (Å²) in [5.41, 5.74) is 2.21. The Morgan fingerprint density at radius 3 is 2.83 bits per heavy atom. The number of methoxy groups -OCH3 is 1. The van der Waals surface area contributed by atoms with Gasteiger partial charge in [-0.1, -0.05) is 20.8 Å². The molecule has 1 N–H and O–H groups in total. The average molecular weight is 247 g/mol. The van der Waals surface area contributed by atoms with Gasteiger partial charge < -0.3 is 14.5 Å². The molecule has 0 aliphatic carbocycles. The van der Waals surface area contributed by atoms with E-state index in [1.165, 1.54) is 0 Å². The summed E-state index contributed by atoms with van der Waals surface area (Å²) in [5, 5.41) is 3.41. The molecule has 0 fully saturated rings. The number of imidazole rings is 1. The molecule has 0 aliphatic rings. The van der Waals surface area contributed by atoms with Gasteiger partial charge in [0.2, 0.25) is 0 Å². The number of aryl methyl sites for hydroxylation is 1. The highest BCUT2D eigenvalue weighted by Crippen LogP contribution is 2.19. The number of aromatic nitrogens is 2. The van der Waals surface area contributed by atoms with Gasteiger partial charge in [-0.25, -0.2) is 4.98 Å². The highest BCUT2D eigenvalue weighted by molar-refractivity contribution is 5.56. The van der Waals surface area contributed by atoms with Crippen LogP contribution in [0.3, 0.4) is 0 Å². The third-order valence-electron chi connectivity index (χ3n) is 2.99. The molecule has 18 heavy (non-hydrogen) atoms. The zero-order chi connectivity index (χ0) is 13.1. The summed E-state index contributed by atoms with van der Waals surface area (Å²) in [5.74, 6) is 1.96. The number of pyridine rings is 1. The second-order valence-corrected chi connectivity index (χ2v) is 4.69. The van der Waals surface area contributed by atoms with Crippen LogP contribution in [-0.4, -0.2) is 22.5 Å². The molecule has 2 aromatic rings. The molecule has 98 valence electrons. The molecule has 0 saturated heterocycles. The monoisotopic (exact) mass is 247 g/mol. The van der Waals surface area contributed by atoms with Gasteiger partial charge in [0.15, 0.2) is 0 Å². The number of fused-ring (bicyclic) bond motifs is 1. The predicted molar refractivity (Wildman–Crippen MR) is 73.1 cm³/mol. The van der Waals surface area contributed by atoms with Gasteiger partial charge in [0.1, 0.15) is 11.6 Å². The highest BCUT2D eigenvalue weighted by atomic mass is 16.5. The minimum absolute atomic E-state index is 0.456. The summed E-state index contributed by atoms with van der Waals surface area (Å²) in [7, 11) is 1.69. The van der Waals surface area contributed by atoms with Crippen LogP contribution in [0.15, 0.2) is 18.3 Å². The molecule has 0 spiro atoms. The van der Waals surface area contributed by atoms with Gasteiger partial charge in [-0.05, 0) is 6.07 Å². The molecule has 0 aromatic carbocycles. The summed E-state index contributed by atoms with van der Waals surface area (Å²) in [4.78, 5) is 4.70. The predicted octanol–water partition coefficient (Wildman–Crippen LogP) is 2.40. The minimum Gasteiger partial charge on any atom is -0.497 e. The van der Waals surface area contributed by atoms with Gasteiger partial charge in [0.25, 0.3) is 0 Å². The molecule has 4 nitrogen and oxygen atoms in total. The lowest BCUT2D eigenvalue weighted by Gasteiger charge is -2.06. The number of hydrogen-bond acceptors (Lipinski definition) is 3. The zero-order valence-electron chi connectivity index (χ0n) is 11.5. The summed E-state index contributed by atoms with van der Waals surface area (Å²) in [6, 6.07) is 4.47. The second-order valence-electron chi connectivity index (χ2n) is 4.69. The van der Waals surface area contributed by atoms with Crippen LogP contribution in [0.4, 0.5) is 0 Å². The fraction of sp³-hybridized carbons (Fsp3) is 0.500. The first-order valence-electron chi connectivity index (χ1n) is 6.43. The molecular weight excluding hydrogens is 226 g/mol. The second kappa shape index (κ2) is 5.40. The Bertz CT molecular complexity index is 531. The average Bonchev–Trinajstić information content (AvgIpc) is 2.73. The maximum atomic E-state index is 5.28. The van der Waals surface area contributed by atoms with Crippen LogP contribution in [0.1, 0.15) is 32.3 Å². The van der Waals surface area contributed by atoms with Crippen LogP contribution >= 0.6 is 0 Å². The summed E-state index contributed by atoms with van der Waals surface area (Å²) in [6.07, 6.45) is 2.95. The molecule has 0 bridgehead atoms. The van der Waals surface area contributed by atoms with Gasteiger partial charge in [0.05, 0.1) is 18.3 Å². The number of hydrogen-bond donors (Lipinski definition) is 1. The molecule has 4 heteroatoms. The van der Waals surface area contributed by atoms with Crippen LogP contribution in [0.2, 0.25) is 0 Å². The minimum atomic E-state index is 0.456. The largest absolute Gasteiger partial charge is 0.497 e.